The van der Waals surface area contributed by atoms with Crippen LogP contribution in [0.4, 0.5) is 0 Å². The highest BCUT2D eigenvalue weighted by Crippen LogP contribution is 2.38. The van der Waals surface area contributed by atoms with Gasteiger partial charge in [-0.1, -0.05) is 24.7 Å². The second-order valence-corrected chi connectivity index (χ2v) is 8.81. The van der Waals surface area contributed by atoms with E-state index in [1.807, 2.05) is 19.1 Å². The number of hydrogen-bond donors (Lipinski definition) is 0. The fourth-order valence-electron chi connectivity index (χ4n) is 4.08. The zero-order valence-electron chi connectivity index (χ0n) is 20.1. The summed E-state index contributed by atoms with van der Waals surface area (Å²) in [4.78, 5) is 36.4. The maximum Gasteiger partial charge on any atom is 0.338 e. The first kappa shape index (κ1) is 24.4. The van der Waals surface area contributed by atoms with Crippen LogP contribution in [0.25, 0.3) is 6.08 Å². The van der Waals surface area contributed by atoms with Crippen molar-refractivity contribution in [2.75, 3.05) is 20.8 Å². The number of fused-ring (bicyclic) bond motifs is 1. The average molecular weight is 494 g/mol. The van der Waals surface area contributed by atoms with Gasteiger partial charge in [0.2, 0.25) is 0 Å². The molecule has 1 aliphatic heterocycles. The number of hydrogen-bond acceptors (Lipinski definition) is 8. The van der Waals surface area contributed by atoms with Gasteiger partial charge in [0.05, 0.1) is 36.6 Å². The fourth-order valence-corrected chi connectivity index (χ4v) is 5.10. The van der Waals surface area contributed by atoms with Gasteiger partial charge < -0.3 is 14.2 Å². The summed E-state index contributed by atoms with van der Waals surface area (Å²) in [6, 6.07) is 8.20. The van der Waals surface area contributed by atoms with E-state index in [4.69, 9.17) is 19.2 Å². The molecule has 0 amide bonds. The molecule has 182 valence electrons. The molecule has 0 saturated heterocycles. The summed E-state index contributed by atoms with van der Waals surface area (Å²) in [6.45, 7) is 3.98. The third-order valence-electron chi connectivity index (χ3n) is 5.63. The molecule has 0 aliphatic carbocycles. The Morgan fingerprint density at radius 1 is 1.14 bits per heavy atom. The number of ether oxygens (including phenoxy) is 3. The van der Waals surface area contributed by atoms with E-state index < -0.39 is 12.0 Å². The number of pyridine rings is 1. The number of aromatic nitrogens is 2. The van der Waals surface area contributed by atoms with E-state index in [2.05, 4.69) is 4.98 Å². The lowest BCUT2D eigenvalue weighted by molar-refractivity contribution is -0.139. The molecular formula is C26H27N3O5S. The zero-order valence-corrected chi connectivity index (χ0v) is 20.9. The summed E-state index contributed by atoms with van der Waals surface area (Å²) in [5.74, 6) is 0.606. The van der Waals surface area contributed by atoms with Gasteiger partial charge in [-0.25, -0.2) is 9.79 Å². The first-order chi connectivity index (χ1) is 17.0. The Kier molecular flexibility index (Phi) is 7.45. The van der Waals surface area contributed by atoms with E-state index in [9.17, 15) is 9.59 Å². The van der Waals surface area contributed by atoms with Crippen molar-refractivity contribution in [1.29, 1.82) is 0 Å². The van der Waals surface area contributed by atoms with Gasteiger partial charge in [0, 0.05) is 18.0 Å². The summed E-state index contributed by atoms with van der Waals surface area (Å²) in [5, 5.41) is 0. The van der Waals surface area contributed by atoms with Crippen molar-refractivity contribution in [2.45, 2.75) is 32.7 Å². The summed E-state index contributed by atoms with van der Waals surface area (Å²) in [5.41, 5.74) is 2.16. The Balaban J connectivity index is 2.06. The molecule has 9 heteroatoms. The smallest absolute Gasteiger partial charge is 0.338 e. The van der Waals surface area contributed by atoms with Crippen molar-refractivity contribution in [3.8, 4) is 11.5 Å². The number of esters is 1. The van der Waals surface area contributed by atoms with Crippen LogP contribution in [0, 0.1) is 0 Å². The van der Waals surface area contributed by atoms with E-state index >= 15 is 0 Å². The largest absolute Gasteiger partial charge is 0.497 e. The first-order valence-corrected chi connectivity index (χ1v) is 12.2. The van der Waals surface area contributed by atoms with Crippen LogP contribution in [-0.4, -0.2) is 36.3 Å². The molecule has 0 spiro atoms. The molecule has 8 nitrogen and oxygen atoms in total. The number of methoxy groups -OCH3 is 2. The minimum absolute atomic E-state index is 0.205. The van der Waals surface area contributed by atoms with Crippen LogP contribution in [-0.2, 0) is 9.53 Å². The second-order valence-electron chi connectivity index (χ2n) is 7.80. The van der Waals surface area contributed by atoms with Crippen molar-refractivity contribution in [3.05, 3.63) is 84.8 Å². The van der Waals surface area contributed by atoms with Gasteiger partial charge in [0.1, 0.15) is 17.5 Å². The number of carbonyl (C=O) groups is 1. The number of benzene rings is 1. The van der Waals surface area contributed by atoms with Crippen molar-refractivity contribution >= 4 is 23.4 Å². The first-order valence-electron chi connectivity index (χ1n) is 11.4. The number of thiazole rings is 1. The third kappa shape index (κ3) is 4.77. The van der Waals surface area contributed by atoms with E-state index in [-0.39, 0.29) is 12.2 Å². The van der Waals surface area contributed by atoms with Crippen LogP contribution in [0.1, 0.15) is 43.9 Å². The van der Waals surface area contributed by atoms with Gasteiger partial charge in [0.25, 0.3) is 5.56 Å². The Labute approximate surface area is 206 Å². The number of nitrogens with zero attached hydrogens (tertiary/aromatic N) is 3. The molecule has 0 saturated carbocycles. The van der Waals surface area contributed by atoms with Gasteiger partial charge in [0.15, 0.2) is 4.80 Å². The lowest BCUT2D eigenvalue weighted by Gasteiger charge is -2.27. The highest BCUT2D eigenvalue weighted by Gasteiger charge is 2.36. The molecule has 1 aromatic carbocycles. The minimum Gasteiger partial charge on any atom is -0.497 e. The zero-order chi connectivity index (χ0) is 24.9. The van der Waals surface area contributed by atoms with Gasteiger partial charge in [-0.3, -0.25) is 14.3 Å². The lowest BCUT2D eigenvalue weighted by Crippen LogP contribution is -2.40. The van der Waals surface area contributed by atoms with Crippen molar-refractivity contribution in [1.82, 2.24) is 9.55 Å². The molecule has 0 fully saturated rings. The number of allylic oxidation sites excluding steroid dienone is 1. The molecule has 3 heterocycles. The SMILES string of the molecule is CCCC1=C(C(=O)OCC)[C@H](c2cc(OC)ccc2OC)n2c(s/c(=C\c3ccncc3)c2=O)=N1. The Hall–Kier alpha value is -3.72. The van der Waals surface area contributed by atoms with Crippen molar-refractivity contribution in [2.24, 2.45) is 4.99 Å². The summed E-state index contributed by atoms with van der Waals surface area (Å²) >= 11 is 1.28. The van der Waals surface area contributed by atoms with Crippen LogP contribution in [0.2, 0.25) is 0 Å². The minimum atomic E-state index is -0.781. The molecule has 4 rings (SSSR count). The van der Waals surface area contributed by atoms with E-state index in [0.29, 0.717) is 44.1 Å². The standard InChI is InChI=1S/C26H27N3O5S/c1-5-7-19-22(25(31)34-6-2)23(18-15-17(32-3)8-9-20(18)33-4)29-24(30)21(35-26(29)28-19)14-16-10-12-27-13-11-16/h8-15,23H,5-7H2,1-4H3/b21-14-/t23-/m0/s1. The monoisotopic (exact) mass is 493 g/mol. The van der Waals surface area contributed by atoms with Gasteiger partial charge in [-0.15, -0.1) is 0 Å². The van der Waals surface area contributed by atoms with Gasteiger partial charge in [-0.05, 0) is 55.3 Å². The quantitative estimate of drug-likeness (QED) is 0.448. The Morgan fingerprint density at radius 2 is 1.91 bits per heavy atom. The summed E-state index contributed by atoms with van der Waals surface area (Å²) < 4.78 is 18.6. The molecule has 0 bridgehead atoms. The highest BCUT2D eigenvalue weighted by molar-refractivity contribution is 7.07. The molecule has 0 N–H and O–H groups in total. The fraction of sp³-hybridized carbons (Fsp3) is 0.308. The molecule has 35 heavy (non-hydrogen) atoms. The molecule has 2 aromatic heterocycles. The maximum atomic E-state index is 13.8. The summed E-state index contributed by atoms with van der Waals surface area (Å²) in [7, 11) is 3.12. The number of rotatable bonds is 8. The Bertz CT molecular complexity index is 1440. The van der Waals surface area contributed by atoms with Crippen LogP contribution < -0.4 is 24.4 Å². The van der Waals surface area contributed by atoms with Crippen LogP contribution in [0.5, 0.6) is 11.5 Å². The lowest BCUT2D eigenvalue weighted by atomic mass is 9.93. The molecule has 1 atom stereocenters. The van der Waals surface area contributed by atoms with E-state index in [1.54, 1.807) is 62.4 Å². The van der Waals surface area contributed by atoms with E-state index in [0.717, 1.165) is 12.0 Å². The third-order valence-corrected chi connectivity index (χ3v) is 6.61. The predicted octanol–water partition coefficient (Wildman–Crippen LogP) is 2.99. The molecule has 3 aromatic rings. The number of carbonyl (C=O) groups excluding carboxylic acids is 1. The molecule has 0 unspecified atom stereocenters. The van der Waals surface area contributed by atoms with Crippen LogP contribution >= 0.6 is 11.3 Å². The van der Waals surface area contributed by atoms with Gasteiger partial charge >= 0.3 is 5.97 Å². The second kappa shape index (κ2) is 10.7. The van der Waals surface area contributed by atoms with Crippen LogP contribution in [0.3, 0.4) is 0 Å². The van der Waals surface area contributed by atoms with Crippen molar-refractivity contribution < 1.29 is 19.0 Å². The average Bonchev–Trinajstić information content (AvgIpc) is 3.18. The van der Waals surface area contributed by atoms with E-state index in [1.165, 1.54) is 11.3 Å². The molecule has 1 aliphatic rings. The topological polar surface area (TPSA) is 92.0 Å². The van der Waals surface area contributed by atoms with Crippen molar-refractivity contribution in [3.63, 3.8) is 0 Å². The molecular weight excluding hydrogens is 466 g/mol. The highest BCUT2D eigenvalue weighted by atomic mass is 32.1. The maximum absolute atomic E-state index is 13.8. The van der Waals surface area contributed by atoms with Gasteiger partial charge in [-0.2, -0.15) is 0 Å². The summed E-state index contributed by atoms with van der Waals surface area (Å²) in [6.07, 6.45) is 6.48. The normalized spacial score (nSPS) is 15.4. The molecule has 0 radical (unpaired) electrons. The predicted molar refractivity (Wildman–Crippen MR) is 133 cm³/mol. The Morgan fingerprint density at radius 3 is 2.57 bits per heavy atom. The van der Waals surface area contributed by atoms with Crippen LogP contribution in [0.15, 0.2) is 63.8 Å².